The van der Waals surface area contributed by atoms with Crippen molar-refractivity contribution in [1.29, 1.82) is 0 Å². The van der Waals surface area contributed by atoms with Crippen LogP contribution >= 0.6 is 0 Å². The van der Waals surface area contributed by atoms with Gasteiger partial charge in [0.25, 0.3) is 0 Å². The molecule has 2 fully saturated rings. The third-order valence-electron chi connectivity index (χ3n) is 7.55. The number of likely N-dealkylation sites (tertiary alicyclic amines) is 1. The number of benzene rings is 1. The molecule has 8 nitrogen and oxygen atoms in total. The second kappa shape index (κ2) is 8.58. The van der Waals surface area contributed by atoms with Crippen LogP contribution in [0.2, 0.25) is 0 Å². The van der Waals surface area contributed by atoms with E-state index in [1.165, 1.54) is 5.69 Å². The molecule has 1 N–H and O–H groups in total. The topological polar surface area (TPSA) is 81.5 Å². The van der Waals surface area contributed by atoms with E-state index in [4.69, 9.17) is 14.6 Å². The van der Waals surface area contributed by atoms with Crippen molar-refractivity contribution in [3.8, 4) is 17.0 Å². The predicted octanol–water partition coefficient (Wildman–Crippen LogP) is 3.59. The lowest BCUT2D eigenvalue weighted by atomic mass is 9.82. The van der Waals surface area contributed by atoms with Gasteiger partial charge < -0.3 is 19.7 Å². The average molecular weight is 462 g/mol. The maximum atomic E-state index is 12.4. The van der Waals surface area contributed by atoms with E-state index in [2.05, 4.69) is 33.2 Å². The number of pyridine rings is 1. The number of ether oxygens (including phenoxy) is 2. The zero-order chi connectivity index (χ0) is 23.1. The summed E-state index contributed by atoms with van der Waals surface area (Å²) in [7, 11) is 0. The number of carbonyl (C=O) groups excluding carboxylic acids is 1. The molecule has 2 amide bonds. The number of aromatic nitrogens is 3. The smallest absolute Gasteiger partial charge is 0.317 e. The molecule has 1 spiro atoms. The third kappa shape index (κ3) is 3.79. The number of fused-ring (bicyclic) bond motifs is 3. The summed E-state index contributed by atoms with van der Waals surface area (Å²) in [5.74, 6) is 1.33. The van der Waals surface area contributed by atoms with E-state index in [1.54, 1.807) is 0 Å². The summed E-state index contributed by atoms with van der Waals surface area (Å²) < 4.78 is 13.6. The Morgan fingerprint density at radius 1 is 1.26 bits per heavy atom. The maximum Gasteiger partial charge on any atom is 0.317 e. The Morgan fingerprint density at radius 2 is 2.18 bits per heavy atom. The highest BCUT2D eigenvalue weighted by molar-refractivity contribution is 5.84. The Balaban J connectivity index is 1.23. The molecule has 0 aliphatic carbocycles. The van der Waals surface area contributed by atoms with Crippen molar-refractivity contribution in [3.05, 3.63) is 42.2 Å². The standard InChI is InChI=1S/C26H31N5O3/c1-2-27-25(32)30-8-6-26(17-30)7-9-31-24(26)13-23(29-31)20-11-19-12-21(3-4-22(19)28-14-20)34-16-18-5-10-33-15-18/h3-4,11-14,18H,2,5-10,15-17H2,1H3,(H,27,32). The van der Waals surface area contributed by atoms with Crippen molar-refractivity contribution in [3.63, 3.8) is 0 Å². The molecule has 6 rings (SSSR count). The Bertz CT molecular complexity index is 1220. The van der Waals surface area contributed by atoms with Crippen molar-refractivity contribution in [2.45, 2.75) is 38.1 Å². The van der Waals surface area contributed by atoms with Gasteiger partial charge in [-0.1, -0.05) is 0 Å². The summed E-state index contributed by atoms with van der Waals surface area (Å²) in [4.78, 5) is 19.0. The van der Waals surface area contributed by atoms with Crippen LogP contribution in [0.5, 0.6) is 5.75 Å². The maximum absolute atomic E-state index is 12.4. The summed E-state index contributed by atoms with van der Waals surface area (Å²) >= 11 is 0. The van der Waals surface area contributed by atoms with Gasteiger partial charge in [0, 0.05) is 67.0 Å². The Hall–Kier alpha value is -3.13. The highest BCUT2D eigenvalue weighted by Gasteiger charge is 2.46. The number of nitrogens with zero attached hydrogens (tertiary/aromatic N) is 4. The molecular weight excluding hydrogens is 430 g/mol. The van der Waals surface area contributed by atoms with Crippen molar-refractivity contribution in [1.82, 2.24) is 25.0 Å². The van der Waals surface area contributed by atoms with Crippen molar-refractivity contribution in [2.75, 3.05) is 39.5 Å². The minimum atomic E-state index is 0.00553. The number of aryl methyl sites for hydroxylation is 1. The first-order valence-electron chi connectivity index (χ1n) is 12.4. The van der Waals surface area contributed by atoms with Gasteiger partial charge in [-0.3, -0.25) is 9.67 Å². The zero-order valence-corrected chi connectivity index (χ0v) is 19.6. The van der Waals surface area contributed by atoms with E-state index in [9.17, 15) is 4.79 Å². The van der Waals surface area contributed by atoms with Gasteiger partial charge in [-0.2, -0.15) is 5.10 Å². The van der Waals surface area contributed by atoms with Crippen LogP contribution in [0, 0.1) is 5.92 Å². The van der Waals surface area contributed by atoms with Crippen LogP contribution in [0.1, 0.15) is 31.9 Å². The number of urea groups is 1. The molecule has 5 heterocycles. The summed E-state index contributed by atoms with van der Waals surface area (Å²) in [5.41, 5.74) is 4.13. The number of amides is 2. The van der Waals surface area contributed by atoms with Gasteiger partial charge in [-0.25, -0.2) is 4.79 Å². The van der Waals surface area contributed by atoms with Crippen LogP contribution in [0.3, 0.4) is 0 Å². The Kier molecular flexibility index (Phi) is 5.40. The van der Waals surface area contributed by atoms with E-state index < -0.39 is 0 Å². The molecule has 3 aliphatic heterocycles. The fourth-order valence-electron chi connectivity index (χ4n) is 5.59. The molecule has 8 heteroatoms. The molecule has 0 saturated carbocycles. The first-order valence-corrected chi connectivity index (χ1v) is 12.4. The summed E-state index contributed by atoms with van der Waals surface area (Å²) in [6.07, 6.45) is 4.98. The van der Waals surface area contributed by atoms with Crippen LogP contribution in [0.25, 0.3) is 22.2 Å². The number of hydrogen-bond acceptors (Lipinski definition) is 5. The van der Waals surface area contributed by atoms with E-state index in [0.29, 0.717) is 19.1 Å². The van der Waals surface area contributed by atoms with Gasteiger partial charge in [-0.05, 0) is 56.5 Å². The fourth-order valence-corrected chi connectivity index (χ4v) is 5.59. The molecular formula is C26H31N5O3. The lowest BCUT2D eigenvalue weighted by Gasteiger charge is -2.23. The van der Waals surface area contributed by atoms with Crippen LogP contribution in [0.15, 0.2) is 36.5 Å². The first-order chi connectivity index (χ1) is 16.6. The number of carbonyl (C=O) groups is 1. The normalized spacial score (nSPS) is 23.7. The van der Waals surface area contributed by atoms with Gasteiger partial charge in [-0.15, -0.1) is 0 Å². The quantitative estimate of drug-likeness (QED) is 0.628. The van der Waals surface area contributed by atoms with E-state index in [1.807, 2.05) is 30.2 Å². The molecule has 0 bridgehead atoms. The molecule has 2 aromatic heterocycles. The van der Waals surface area contributed by atoms with E-state index in [-0.39, 0.29) is 11.4 Å². The summed E-state index contributed by atoms with van der Waals surface area (Å²) in [6.45, 7) is 7.35. The zero-order valence-electron chi connectivity index (χ0n) is 19.6. The molecule has 2 unspecified atom stereocenters. The lowest BCUT2D eigenvalue weighted by Crippen LogP contribution is -2.40. The first kappa shape index (κ1) is 21.4. The van der Waals surface area contributed by atoms with Gasteiger partial charge in [0.1, 0.15) is 5.75 Å². The largest absolute Gasteiger partial charge is 0.493 e. The van der Waals surface area contributed by atoms with Gasteiger partial charge in [0.15, 0.2) is 0 Å². The summed E-state index contributed by atoms with van der Waals surface area (Å²) in [6, 6.07) is 10.4. The van der Waals surface area contributed by atoms with Crippen molar-refractivity contribution >= 4 is 16.9 Å². The Labute approximate surface area is 199 Å². The van der Waals surface area contributed by atoms with E-state index in [0.717, 1.165) is 80.0 Å². The SMILES string of the molecule is CCNC(=O)N1CCC2(CCn3nc(-c4cnc5ccc(OCC6CCOC6)cc5c4)cc32)C1. The van der Waals surface area contributed by atoms with Crippen molar-refractivity contribution in [2.24, 2.45) is 5.92 Å². The summed E-state index contributed by atoms with van der Waals surface area (Å²) in [5, 5.41) is 8.90. The number of rotatable bonds is 5. The van der Waals surface area contributed by atoms with E-state index >= 15 is 0 Å². The third-order valence-corrected chi connectivity index (χ3v) is 7.55. The minimum Gasteiger partial charge on any atom is -0.493 e. The van der Waals surface area contributed by atoms with Gasteiger partial charge in [0.05, 0.1) is 24.4 Å². The molecule has 2 saturated heterocycles. The fraction of sp³-hybridized carbons (Fsp3) is 0.500. The highest BCUT2D eigenvalue weighted by Crippen LogP contribution is 2.43. The van der Waals surface area contributed by atoms with Crippen molar-refractivity contribution < 1.29 is 14.3 Å². The lowest BCUT2D eigenvalue weighted by molar-refractivity contribution is 0.167. The number of hydrogen-bond donors (Lipinski definition) is 1. The predicted molar refractivity (Wildman–Crippen MR) is 129 cm³/mol. The molecule has 178 valence electrons. The second-order valence-corrected chi connectivity index (χ2v) is 9.79. The van der Waals surface area contributed by atoms with Crippen LogP contribution in [-0.2, 0) is 16.7 Å². The average Bonchev–Trinajstić information content (AvgIpc) is 3.64. The molecule has 3 aliphatic rings. The van der Waals surface area contributed by atoms with Gasteiger partial charge in [0.2, 0.25) is 0 Å². The molecule has 34 heavy (non-hydrogen) atoms. The molecule has 3 aromatic rings. The minimum absolute atomic E-state index is 0.00553. The van der Waals surface area contributed by atoms with Crippen LogP contribution in [0.4, 0.5) is 4.79 Å². The molecule has 1 aromatic carbocycles. The van der Waals surface area contributed by atoms with Gasteiger partial charge >= 0.3 is 6.03 Å². The van der Waals surface area contributed by atoms with Crippen LogP contribution in [-0.4, -0.2) is 65.2 Å². The number of nitrogens with one attached hydrogen (secondary N) is 1. The monoisotopic (exact) mass is 461 g/mol. The molecule has 2 atom stereocenters. The van der Waals surface area contributed by atoms with Crippen LogP contribution < -0.4 is 10.1 Å². The second-order valence-electron chi connectivity index (χ2n) is 9.79. The highest BCUT2D eigenvalue weighted by atomic mass is 16.5. The Morgan fingerprint density at radius 3 is 3.03 bits per heavy atom. The molecule has 0 radical (unpaired) electrons.